The highest BCUT2D eigenvalue weighted by molar-refractivity contribution is 5.90. The fraction of sp³-hybridized carbons (Fsp3) is 0.200. The summed E-state index contributed by atoms with van der Waals surface area (Å²) in [7, 11) is 0. The van der Waals surface area contributed by atoms with E-state index in [2.05, 4.69) is 30.4 Å². The van der Waals surface area contributed by atoms with Gasteiger partial charge in [0, 0.05) is 31.1 Å². The maximum Gasteiger partial charge on any atom is 0.504 e. The number of nitrogens with one attached hydrogen (secondary N) is 1. The number of alkyl halides is 3. The zero-order chi connectivity index (χ0) is 23.4. The summed E-state index contributed by atoms with van der Waals surface area (Å²) in [5.74, 6) is -1.26. The molecule has 0 fully saturated rings. The second kappa shape index (κ2) is 7.26. The summed E-state index contributed by atoms with van der Waals surface area (Å²) >= 11 is 0. The zero-order valence-corrected chi connectivity index (χ0v) is 17.1. The fourth-order valence-electron chi connectivity index (χ4n) is 4.00. The van der Waals surface area contributed by atoms with Crippen LogP contribution in [0.5, 0.6) is 0 Å². The van der Waals surface area contributed by atoms with Crippen molar-refractivity contribution in [1.29, 1.82) is 0 Å². The molecular formula is C20H14F3N9O2. The molecule has 0 bridgehead atoms. The van der Waals surface area contributed by atoms with Crippen molar-refractivity contribution >= 4 is 11.4 Å². The molecule has 5 aromatic heterocycles. The largest absolute Gasteiger partial charge is 0.504 e. The van der Waals surface area contributed by atoms with Gasteiger partial charge in [0.25, 0.3) is 5.89 Å². The number of amides is 1. The van der Waals surface area contributed by atoms with Crippen LogP contribution in [-0.4, -0.2) is 56.9 Å². The van der Waals surface area contributed by atoms with Gasteiger partial charge in [-0.25, -0.2) is 9.50 Å². The molecule has 6 heterocycles. The van der Waals surface area contributed by atoms with Gasteiger partial charge in [-0.05, 0) is 24.3 Å². The van der Waals surface area contributed by atoms with E-state index in [0.717, 1.165) is 23.5 Å². The number of imidazole rings is 1. The molecule has 14 heteroatoms. The van der Waals surface area contributed by atoms with Crippen molar-refractivity contribution in [3.05, 3.63) is 72.0 Å². The highest BCUT2D eigenvalue weighted by Gasteiger charge is 2.38. The average Bonchev–Trinajstić information content (AvgIpc) is 3.61. The molecule has 11 nitrogen and oxygen atoms in total. The minimum atomic E-state index is -4.69. The Morgan fingerprint density at radius 2 is 2.03 bits per heavy atom. The minimum Gasteiger partial charge on any atom is -0.411 e. The van der Waals surface area contributed by atoms with E-state index in [0.29, 0.717) is 24.4 Å². The predicted octanol–water partition coefficient (Wildman–Crippen LogP) is 2.57. The van der Waals surface area contributed by atoms with Gasteiger partial charge < -0.3 is 14.3 Å². The number of aromatic nitrogens is 8. The molecule has 34 heavy (non-hydrogen) atoms. The van der Waals surface area contributed by atoms with E-state index in [4.69, 9.17) is 4.42 Å². The number of rotatable bonds is 3. The van der Waals surface area contributed by atoms with Gasteiger partial charge >= 0.3 is 18.1 Å². The number of H-pyrrole nitrogens is 1. The van der Waals surface area contributed by atoms with Crippen LogP contribution in [0, 0.1) is 0 Å². The number of carbonyl (C=O) groups excluding carboxylic acids is 1. The van der Waals surface area contributed by atoms with E-state index >= 15 is 0 Å². The number of hydrogen-bond acceptors (Lipinski definition) is 7. The first-order chi connectivity index (χ1) is 16.4. The Kier molecular flexibility index (Phi) is 4.30. The molecule has 5 aromatic rings. The third-order valence-corrected chi connectivity index (χ3v) is 5.53. The molecule has 1 aliphatic rings. The van der Waals surface area contributed by atoms with Crippen molar-refractivity contribution in [2.75, 3.05) is 6.54 Å². The Balaban J connectivity index is 1.35. The molecule has 1 N–H and O–H groups in total. The first kappa shape index (κ1) is 20.1. The van der Waals surface area contributed by atoms with E-state index in [1.165, 1.54) is 4.90 Å². The molecule has 6 rings (SSSR count). The SMILES string of the molecule is O=C(c1nnc(-c2ccn(C(F)(F)F)n2)o1)N1CCc2[nH]cnc2[C@@H]1c1cc2ccccn2n1. The van der Waals surface area contributed by atoms with E-state index < -0.39 is 18.2 Å². The van der Waals surface area contributed by atoms with Crippen molar-refractivity contribution in [2.24, 2.45) is 0 Å². The summed E-state index contributed by atoms with van der Waals surface area (Å²) in [5.41, 5.74) is 2.76. The Bertz CT molecular complexity index is 1480. The van der Waals surface area contributed by atoms with Crippen LogP contribution >= 0.6 is 0 Å². The number of aromatic amines is 1. The smallest absolute Gasteiger partial charge is 0.411 e. The van der Waals surface area contributed by atoms with Crippen LogP contribution in [0.2, 0.25) is 0 Å². The maximum absolute atomic E-state index is 13.4. The Morgan fingerprint density at radius 3 is 2.82 bits per heavy atom. The highest BCUT2D eigenvalue weighted by atomic mass is 19.4. The van der Waals surface area contributed by atoms with Crippen LogP contribution in [-0.2, 0) is 12.7 Å². The number of fused-ring (bicyclic) bond motifs is 2. The van der Waals surface area contributed by atoms with Crippen LogP contribution in [0.25, 0.3) is 17.1 Å². The summed E-state index contributed by atoms with van der Waals surface area (Å²) in [6.45, 7) is 0.312. The van der Waals surface area contributed by atoms with Gasteiger partial charge in [-0.2, -0.15) is 14.9 Å². The summed E-state index contributed by atoms with van der Waals surface area (Å²) in [6.07, 6.45) is -0.0910. The molecule has 0 saturated carbocycles. The number of nitrogens with zero attached hydrogens (tertiary/aromatic N) is 8. The van der Waals surface area contributed by atoms with E-state index in [1.54, 1.807) is 17.0 Å². The zero-order valence-electron chi connectivity index (χ0n) is 17.1. The first-order valence-corrected chi connectivity index (χ1v) is 10.1. The first-order valence-electron chi connectivity index (χ1n) is 10.1. The Labute approximate surface area is 187 Å². The lowest BCUT2D eigenvalue weighted by atomic mass is 9.99. The Hall–Kier alpha value is -4.49. The maximum atomic E-state index is 13.4. The van der Waals surface area contributed by atoms with E-state index in [1.807, 2.05) is 24.3 Å². The lowest BCUT2D eigenvalue weighted by molar-refractivity contribution is -0.212. The molecule has 0 saturated heterocycles. The van der Waals surface area contributed by atoms with E-state index in [9.17, 15) is 18.0 Å². The van der Waals surface area contributed by atoms with Crippen LogP contribution in [0.4, 0.5) is 13.2 Å². The third-order valence-electron chi connectivity index (χ3n) is 5.53. The van der Waals surface area contributed by atoms with Gasteiger partial charge in [0.05, 0.1) is 23.2 Å². The average molecular weight is 469 g/mol. The van der Waals surface area contributed by atoms with E-state index in [-0.39, 0.29) is 22.2 Å². The van der Waals surface area contributed by atoms with Crippen molar-refractivity contribution in [3.63, 3.8) is 0 Å². The van der Waals surface area contributed by atoms with Gasteiger partial charge in [-0.3, -0.25) is 4.79 Å². The monoisotopic (exact) mass is 469 g/mol. The number of hydrogen-bond donors (Lipinski definition) is 1. The summed E-state index contributed by atoms with van der Waals surface area (Å²) in [4.78, 5) is 22.4. The van der Waals surface area contributed by atoms with Crippen molar-refractivity contribution in [1.82, 2.24) is 44.5 Å². The molecule has 0 unspecified atom stereocenters. The lowest BCUT2D eigenvalue weighted by Gasteiger charge is -2.32. The van der Waals surface area contributed by atoms with Crippen LogP contribution < -0.4 is 0 Å². The molecule has 1 atom stereocenters. The number of halogens is 3. The second-order valence-electron chi connectivity index (χ2n) is 7.58. The Morgan fingerprint density at radius 1 is 1.15 bits per heavy atom. The number of pyridine rings is 1. The van der Waals surface area contributed by atoms with Crippen molar-refractivity contribution in [2.45, 2.75) is 18.8 Å². The molecule has 0 radical (unpaired) electrons. The standard InChI is InChI=1S/C20H14F3N9O2/c21-20(22,23)32-8-5-13(29-32)17-26-27-18(34-17)19(33)30-7-4-12-15(25-10-24-12)16(30)14-9-11-3-1-2-6-31(11)28-14/h1-3,5-6,8-10,16H,4,7H2,(H,24,25)/t16-/m0/s1. The third kappa shape index (κ3) is 3.22. The molecule has 172 valence electrons. The minimum absolute atomic E-state index is 0.183. The molecular weight excluding hydrogens is 455 g/mol. The summed E-state index contributed by atoms with van der Waals surface area (Å²) in [5, 5.41) is 15.5. The van der Waals surface area contributed by atoms with Gasteiger partial charge in [0.15, 0.2) is 0 Å². The topological polar surface area (TPSA) is 123 Å². The van der Waals surface area contributed by atoms with Crippen molar-refractivity contribution in [3.8, 4) is 11.6 Å². The van der Waals surface area contributed by atoms with Gasteiger partial charge in [-0.15, -0.1) is 23.4 Å². The van der Waals surface area contributed by atoms with Crippen LogP contribution in [0.1, 0.15) is 33.8 Å². The molecule has 1 amide bonds. The lowest BCUT2D eigenvalue weighted by Crippen LogP contribution is -2.41. The predicted molar refractivity (Wildman–Crippen MR) is 107 cm³/mol. The quantitative estimate of drug-likeness (QED) is 0.431. The molecule has 0 aliphatic carbocycles. The molecule has 0 aromatic carbocycles. The molecule has 0 spiro atoms. The van der Waals surface area contributed by atoms with Crippen molar-refractivity contribution < 1.29 is 22.4 Å². The highest BCUT2D eigenvalue weighted by Crippen LogP contribution is 2.34. The van der Waals surface area contributed by atoms with Gasteiger partial charge in [-0.1, -0.05) is 6.07 Å². The van der Waals surface area contributed by atoms with Crippen LogP contribution in [0.15, 0.2) is 53.5 Å². The summed E-state index contributed by atoms with van der Waals surface area (Å²) < 4.78 is 45.4. The summed E-state index contributed by atoms with van der Waals surface area (Å²) in [6, 6.07) is 7.92. The van der Waals surface area contributed by atoms with Gasteiger partial charge in [0.2, 0.25) is 0 Å². The number of carbonyl (C=O) groups is 1. The second-order valence-corrected chi connectivity index (χ2v) is 7.58. The normalized spacial score (nSPS) is 16.2. The fourth-order valence-corrected chi connectivity index (χ4v) is 4.00. The molecule has 1 aliphatic heterocycles. The van der Waals surface area contributed by atoms with Gasteiger partial charge in [0.1, 0.15) is 11.7 Å². The van der Waals surface area contributed by atoms with Crippen LogP contribution in [0.3, 0.4) is 0 Å².